The lowest BCUT2D eigenvalue weighted by molar-refractivity contribution is 0.152. The van der Waals surface area contributed by atoms with Crippen molar-refractivity contribution in [1.29, 1.82) is 0 Å². The van der Waals surface area contributed by atoms with E-state index >= 15 is 0 Å². The number of aliphatic hydroxyl groups excluding tert-OH is 1. The summed E-state index contributed by atoms with van der Waals surface area (Å²) in [7, 11) is -3.06. The molecule has 1 atom stereocenters. The Morgan fingerprint density at radius 2 is 2.14 bits per heavy atom. The molecular weight excluding hydrogens is 202 g/mol. The van der Waals surface area contributed by atoms with Gasteiger partial charge in [-0.25, -0.2) is 8.42 Å². The first-order valence-electron chi connectivity index (χ1n) is 5.07. The van der Waals surface area contributed by atoms with Gasteiger partial charge in [-0.15, -0.1) is 0 Å². The van der Waals surface area contributed by atoms with Crippen LogP contribution in [0, 0.1) is 0 Å². The highest BCUT2D eigenvalue weighted by Crippen LogP contribution is 2.30. The van der Waals surface area contributed by atoms with Crippen LogP contribution in [0.2, 0.25) is 0 Å². The third kappa shape index (κ3) is 2.10. The van der Waals surface area contributed by atoms with Gasteiger partial charge in [-0.05, 0) is 26.2 Å². The third-order valence-electron chi connectivity index (χ3n) is 3.11. The summed E-state index contributed by atoms with van der Waals surface area (Å²) in [5, 5.41) is 8.94. The summed E-state index contributed by atoms with van der Waals surface area (Å²) in [6.45, 7) is 4.51. The number of aliphatic hydroxyl groups is 1. The maximum atomic E-state index is 11.7. The van der Waals surface area contributed by atoms with Crippen LogP contribution in [-0.4, -0.2) is 42.3 Å². The molecule has 1 heterocycles. The highest BCUT2D eigenvalue weighted by molar-refractivity contribution is 7.89. The van der Waals surface area contributed by atoms with Crippen LogP contribution in [0.3, 0.4) is 0 Å². The van der Waals surface area contributed by atoms with Crippen molar-refractivity contribution in [2.75, 3.05) is 18.9 Å². The van der Waals surface area contributed by atoms with E-state index in [1.54, 1.807) is 4.31 Å². The van der Waals surface area contributed by atoms with Crippen molar-refractivity contribution in [3.05, 3.63) is 0 Å². The predicted molar refractivity (Wildman–Crippen MR) is 55.5 cm³/mol. The molecule has 1 unspecified atom stereocenters. The van der Waals surface area contributed by atoms with E-state index < -0.39 is 15.6 Å². The normalized spacial score (nSPS) is 26.2. The second kappa shape index (κ2) is 4.16. The molecule has 1 aliphatic rings. The molecule has 4 nitrogen and oxygen atoms in total. The van der Waals surface area contributed by atoms with Gasteiger partial charge in [-0.3, -0.25) is 0 Å². The van der Waals surface area contributed by atoms with E-state index in [1.807, 2.05) is 13.8 Å². The molecule has 14 heavy (non-hydrogen) atoms. The Morgan fingerprint density at radius 3 is 2.50 bits per heavy atom. The Balaban J connectivity index is 2.89. The van der Waals surface area contributed by atoms with Gasteiger partial charge in [0.15, 0.2) is 0 Å². The molecule has 0 aromatic rings. The lowest BCUT2D eigenvalue weighted by Gasteiger charge is -2.36. The molecule has 0 saturated carbocycles. The Bertz CT molecular complexity index is 288. The fourth-order valence-electron chi connectivity index (χ4n) is 1.96. The van der Waals surface area contributed by atoms with Crippen LogP contribution in [0.1, 0.15) is 33.1 Å². The fraction of sp³-hybridized carbons (Fsp3) is 1.00. The van der Waals surface area contributed by atoms with Crippen molar-refractivity contribution in [3.8, 4) is 0 Å². The summed E-state index contributed by atoms with van der Waals surface area (Å²) in [4.78, 5) is 0. The molecule has 5 heteroatoms. The zero-order chi connectivity index (χ0) is 10.8. The molecule has 0 radical (unpaired) electrons. The second-order valence-corrected chi connectivity index (χ2v) is 6.08. The van der Waals surface area contributed by atoms with E-state index in [0.717, 1.165) is 6.42 Å². The molecular formula is C9H19NO3S. The summed E-state index contributed by atoms with van der Waals surface area (Å²) in [5.41, 5.74) is -0.399. The van der Waals surface area contributed by atoms with Crippen LogP contribution in [-0.2, 0) is 10.0 Å². The quantitative estimate of drug-likeness (QED) is 0.755. The molecule has 1 saturated heterocycles. The fourth-order valence-corrected chi connectivity index (χ4v) is 3.98. The average molecular weight is 221 g/mol. The van der Waals surface area contributed by atoms with E-state index in [2.05, 4.69) is 0 Å². The summed E-state index contributed by atoms with van der Waals surface area (Å²) in [5.74, 6) is 0.258. The van der Waals surface area contributed by atoms with Crippen LogP contribution in [0.4, 0.5) is 0 Å². The Morgan fingerprint density at radius 1 is 1.50 bits per heavy atom. The van der Waals surface area contributed by atoms with Crippen LogP contribution in [0.5, 0.6) is 0 Å². The Hall–Kier alpha value is -0.130. The minimum atomic E-state index is -3.06. The highest BCUT2D eigenvalue weighted by atomic mass is 32.2. The maximum Gasteiger partial charge on any atom is 0.214 e. The lowest BCUT2D eigenvalue weighted by atomic mass is 9.95. The SMILES string of the molecule is CCC(C)(CCO)N1CCCS1(=O)=O. The Labute approximate surface area is 86.0 Å². The molecule has 0 aromatic carbocycles. The predicted octanol–water partition coefficient (Wildman–Crippen LogP) is 0.573. The average Bonchev–Trinajstić information content (AvgIpc) is 2.46. The largest absolute Gasteiger partial charge is 0.396 e. The van der Waals surface area contributed by atoms with Crippen molar-refractivity contribution in [2.45, 2.75) is 38.6 Å². The molecule has 0 bridgehead atoms. The molecule has 0 amide bonds. The van der Waals surface area contributed by atoms with Crippen molar-refractivity contribution in [2.24, 2.45) is 0 Å². The first kappa shape index (κ1) is 11.9. The molecule has 84 valence electrons. The summed E-state index contributed by atoms with van der Waals surface area (Å²) < 4.78 is 24.9. The van der Waals surface area contributed by atoms with Gasteiger partial charge in [-0.2, -0.15) is 4.31 Å². The van der Waals surface area contributed by atoms with E-state index in [9.17, 15) is 8.42 Å². The second-order valence-electron chi connectivity index (χ2n) is 4.07. The zero-order valence-electron chi connectivity index (χ0n) is 8.86. The van der Waals surface area contributed by atoms with E-state index in [1.165, 1.54) is 0 Å². The van der Waals surface area contributed by atoms with Gasteiger partial charge in [0.1, 0.15) is 0 Å². The van der Waals surface area contributed by atoms with Crippen LogP contribution >= 0.6 is 0 Å². The summed E-state index contributed by atoms with van der Waals surface area (Å²) in [6, 6.07) is 0. The number of nitrogens with zero attached hydrogens (tertiary/aromatic N) is 1. The topological polar surface area (TPSA) is 57.6 Å². The maximum absolute atomic E-state index is 11.7. The molecule has 1 rings (SSSR count). The van der Waals surface area contributed by atoms with Gasteiger partial charge >= 0.3 is 0 Å². The van der Waals surface area contributed by atoms with Crippen LogP contribution in [0.25, 0.3) is 0 Å². The minimum absolute atomic E-state index is 0.0381. The van der Waals surface area contributed by atoms with E-state index in [0.29, 0.717) is 19.4 Å². The van der Waals surface area contributed by atoms with Gasteiger partial charge in [0.05, 0.1) is 5.75 Å². The van der Waals surface area contributed by atoms with Crippen molar-refractivity contribution < 1.29 is 13.5 Å². The minimum Gasteiger partial charge on any atom is -0.396 e. The van der Waals surface area contributed by atoms with Crippen molar-refractivity contribution in [3.63, 3.8) is 0 Å². The van der Waals surface area contributed by atoms with Gasteiger partial charge in [0, 0.05) is 18.7 Å². The van der Waals surface area contributed by atoms with E-state index in [-0.39, 0.29) is 12.4 Å². The van der Waals surface area contributed by atoms with Crippen LogP contribution < -0.4 is 0 Å². The van der Waals surface area contributed by atoms with E-state index in [4.69, 9.17) is 5.11 Å². The monoisotopic (exact) mass is 221 g/mol. The third-order valence-corrected chi connectivity index (χ3v) is 5.21. The van der Waals surface area contributed by atoms with Gasteiger partial charge < -0.3 is 5.11 Å². The zero-order valence-corrected chi connectivity index (χ0v) is 9.68. The number of rotatable bonds is 4. The molecule has 1 aliphatic heterocycles. The highest BCUT2D eigenvalue weighted by Gasteiger charge is 2.40. The molecule has 1 fully saturated rings. The van der Waals surface area contributed by atoms with Crippen molar-refractivity contribution >= 4 is 10.0 Å². The summed E-state index contributed by atoms with van der Waals surface area (Å²) in [6.07, 6.45) is 1.97. The lowest BCUT2D eigenvalue weighted by Crippen LogP contribution is -2.47. The van der Waals surface area contributed by atoms with Gasteiger partial charge in [-0.1, -0.05) is 6.92 Å². The molecule has 1 N–H and O–H groups in total. The molecule has 0 aromatic heterocycles. The molecule has 0 spiro atoms. The number of hydrogen-bond donors (Lipinski definition) is 1. The van der Waals surface area contributed by atoms with Gasteiger partial charge in [0.2, 0.25) is 10.0 Å². The smallest absolute Gasteiger partial charge is 0.214 e. The first-order chi connectivity index (χ1) is 6.46. The Kier molecular flexibility index (Phi) is 3.55. The van der Waals surface area contributed by atoms with Crippen molar-refractivity contribution in [1.82, 2.24) is 4.31 Å². The summed E-state index contributed by atoms with van der Waals surface area (Å²) >= 11 is 0. The van der Waals surface area contributed by atoms with Gasteiger partial charge in [0.25, 0.3) is 0 Å². The molecule has 0 aliphatic carbocycles. The first-order valence-corrected chi connectivity index (χ1v) is 6.68. The standard InChI is InChI=1S/C9H19NO3S/c1-3-9(2,5-7-11)10-6-4-8-14(10,12)13/h11H,3-8H2,1-2H3. The van der Waals surface area contributed by atoms with Crippen LogP contribution in [0.15, 0.2) is 0 Å². The number of sulfonamides is 1. The number of hydrogen-bond acceptors (Lipinski definition) is 3.